The molecule has 0 radical (unpaired) electrons. The van der Waals surface area contributed by atoms with Gasteiger partial charge in [-0.3, -0.25) is 0 Å². The Labute approximate surface area is 113 Å². The second-order valence-electron chi connectivity index (χ2n) is 4.24. The van der Waals surface area contributed by atoms with Gasteiger partial charge in [-0.05, 0) is 49.0 Å². The van der Waals surface area contributed by atoms with Crippen LogP contribution in [0.2, 0.25) is 10.0 Å². The third-order valence-electron chi connectivity index (χ3n) is 3.15. The molecule has 0 aromatic heterocycles. The first-order valence-electron chi connectivity index (χ1n) is 5.34. The van der Waals surface area contributed by atoms with Crippen LogP contribution in [0.3, 0.4) is 0 Å². The number of benzene rings is 1. The summed E-state index contributed by atoms with van der Waals surface area (Å²) in [5.41, 5.74) is 1.25. The molecule has 1 aliphatic heterocycles. The Bertz CT molecular complexity index is 354. The van der Waals surface area contributed by atoms with Gasteiger partial charge in [0.1, 0.15) is 0 Å². The van der Waals surface area contributed by atoms with Crippen molar-refractivity contribution in [3.05, 3.63) is 33.8 Å². The minimum atomic E-state index is 0. The van der Waals surface area contributed by atoms with E-state index in [1.165, 1.54) is 5.56 Å². The Morgan fingerprint density at radius 1 is 1.31 bits per heavy atom. The normalized spacial score (nSPS) is 24.9. The maximum atomic E-state index is 6.22. The molecule has 1 N–H and O–H groups in total. The highest BCUT2D eigenvalue weighted by Gasteiger charge is 2.24. The number of piperidine rings is 1. The molecule has 2 unspecified atom stereocenters. The molecule has 90 valence electrons. The van der Waals surface area contributed by atoms with Crippen LogP contribution in [-0.2, 0) is 0 Å². The predicted molar refractivity (Wildman–Crippen MR) is 73.1 cm³/mol. The maximum absolute atomic E-state index is 6.22. The van der Waals surface area contributed by atoms with Gasteiger partial charge in [-0.25, -0.2) is 0 Å². The molecule has 0 saturated carbocycles. The molecule has 4 heteroatoms. The summed E-state index contributed by atoms with van der Waals surface area (Å²) in [6.45, 7) is 4.42. The number of hydrogen-bond acceptors (Lipinski definition) is 1. The predicted octanol–water partition coefficient (Wildman–Crippen LogP) is 4.13. The van der Waals surface area contributed by atoms with Gasteiger partial charge in [-0.1, -0.05) is 36.2 Å². The first-order valence-corrected chi connectivity index (χ1v) is 6.09. The standard InChI is InChI=1S/C12H15Cl2N.ClH/c1-8-7-15-5-4-10(8)11-3-2-9(13)6-12(11)14;/h2-3,6,8,10,15H,4-5,7H2,1H3;1H. The highest BCUT2D eigenvalue weighted by atomic mass is 35.5. The van der Waals surface area contributed by atoms with E-state index in [4.69, 9.17) is 23.2 Å². The molecule has 1 aromatic carbocycles. The quantitative estimate of drug-likeness (QED) is 0.816. The summed E-state index contributed by atoms with van der Waals surface area (Å²) < 4.78 is 0. The Morgan fingerprint density at radius 2 is 2.06 bits per heavy atom. The zero-order valence-electron chi connectivity index (χ0n) is 9.17. The lowest BCUT2D eigenvalue weighted by Gasteiger charge is -2.30. The van der Waals surface area contributed by atoms with E-state index in [2.05, 4.69) is 18.3 Å². The number of hydrogen-bond donors (Lipinski definition) is 1. The van der Waals surface area contributed by atoms with Crippen molar-refractivity contribution in [2.45, 2.75) is 19.3 Å². The van der Waals surface area contributed by atoms with Gasteiger partial charge in [0.15, 0.2) is 0 Å². The summed E-state index contributed by atoms with van der Waals surface area (Å²) in [5.74, 6) is 1.20. The van der Waals surface area contributed by atoms with Gasteiger partial charge < -0.3 is 5.32 Å². The van der Waals surface area contributed by atoms with E-state index >= 15 is 0 Å². The van der Waals surface area contributed by atoms with E-state index in [1.54, 1.807) is 0 Å². The average Bonchev–Trinajstić information content (AvgIpc) is 2.20. The van der Waals surface area contributed by atoms with Crippen LogP contribution in [0.4, 0.5) is 0 Å². The first kappa shape index (κ1) is 14.1. The SMILES string of the molecule is CC1CNCCC1c1ccc(Cl)cc1Cl.Cl. The van der Waals surface area contributed by atoms with Crippen molar-refractivity contribution in [3.63, 3.8) is 0 Å². The van der Waals surface area contributed by atoms with Crippen molar-refractivity contribution in [2.75, 3.05) is 13.1 Å². The minimum Gasteiger partial charge on any atom is -0.316 e. The molecule has 1 saturated heterocycles. The summed E-state index contributed by atoms with van der Waals surface area (Å²) in [6, 6.07) is 5.84. The lowest BCUT2D eigenvalue weighted by molar-refractivity contribution is 0.349. The van der Waals surface area contributed by atoms with E-state index in [9.17, 15) is 0 Å². The van der Waals surface area contributed by atoms with Gasteiger partial charge in [0.25, 0.3) is 0 Å². The van der Waals surface area contributed by atoms with Crippen LogP contribution >= 0.6 is 35.6 Å². The molecule has 1 aromatic rings. The van der Waals surface area contributed by atoms with Crippen LogP contribution < -0.4 is 5.32 Å². The number of nitrogens with one attached hydrogen (secondary N) is 1. The first-order chi connectivity index (χ1) is 7.18. The molecule has 0 amide bonds. The van der Waals surface area contributed by atoms with Crippen molar-refractivity contribution in [3.8, 4) is 0 Å². The maximum Gasteiger partial charge on any atom is 0.0455 e. The van der Waals surface area contributed by atoms with Crippen molar-refractivity contribution < 1.29 is 0 Å². The largest absolute Gasteiger partial charge is 0.316 e. The Morgan fingerprint density at radius 3 is 2.69 bits per heavy atom. The van der Waals surface area contributed by atoms with Gasteiger partial charge in [-0.15, -0.1) is 12.4 Å². The molecule has 16 heavy (non-hydrogen) atoms. The number of rotatable bonds is 1. The topological polar surface area (TPSA) is 12.0 Å². The molecule has 1 heterocycles. The molecule has 2 atom stereocenters. The van der Waals surface area contributed by atoms with Crippen LogP contribution in [0.1, 0.15) is 24.8 Å². The van der Waals surface area contributed by atoms with E-state index < -0.39 is 0 Å². The lowest BCUT2D eigenvalue weighted by atomic mass is 9.82. The molecule has 1 aliphatic rings. The molecule has 1 fully saturated rings. The molecule has 2 rings (SSSR count). The van der Waals surface area contributed by atoms with Crippen molar-refractivity contribution in [2.24, 2.45) is 5.92 Å². The summed E-state index contributed by atoms with van der Waals surface area (Å²) in [5, 5.41) is 4.92. The van der Waals surface area contributed by atoms with Crippen LogP contribution in [0.5, 0.6) is 0 Å². The highest BCUT2D eigenvalue weighted by molar-refractivity contribution is 6.35. The van der Waals surface area contributed by atoms with E-state index in [0.29, 0.717) is 16.9 Å². The fourth-order valence-electron chi connectivity index (χ4n) is 2.28. The van der Waals surface area contributed by atoms with Crippen LogP contribution in [0, 0.1) is 5.92 Å². The third kappa shape index (κ3) is 3.04. The zero-order chi connectivity index (χ0) is 10.8. The van der Waals surface area contributed by atoms with Gasteiger partial charge >= 0.3 is 0 Å². The fourth-order valence-corrected chi connectivity index (χ4v) is 2.83. The van der Waals surface area contributed by atoms with Gasteiger partial charge in [0.2, 0.25) is 0 Å². The van der Waals surface area contributed by atoms with Crippen LogP contribution in [-0.4, -0.2) is 13.1 Å². The zero-order valence-corrected chi connectivity index (χ0v) is 11.5. The fraction of sp³-hybridized carbons (Fsp3) is 0.500. The summed E-state index contributed by atoms with van der Waals surface area (Å²) in [6.07, 6.45) is 1.16. The molecular formula is C12H16Cl3N. The second-order valence-corrected chi connectivity index (χ2v) is 5.09. The summed E-state index contributed by atoms with van der Waals surface area (Å²) >= 11 is 12.1. The van der Waals surface area contributed by atoms with Crippen molar-refractivity contribution in [1.82, 2.24) is 5.32 Å². The Balaban J connectivity index is 0.00000128. The summed E-state index contributed by atoms with van der Waals surface area (Å²) in [7, 11) is 0. The van der Waals surface area contributed by atoms with E-state index in [1.807, 2.05) is 12.1 Å². The Kier molecular flexibility index (Phi) is 5.39. The lowest BCUT2D eigenvalue weighted by Crippen LogP contribution is -2.33. The van der Waals surface area contributed by atoms with Gasteiger partial charge in [0, 0.05) is 10.0 Å². The molecular weight excluding hydrogens is 264 g/mol. The highest BCUT2D eigenvalue weighted by Crippen LogP contribution is 2.35. The van der Waals surface area contributed by atoms with Crippen LogP contribution in [0.15, 0.2) is 18.2 Å². The van der Waals surface area contributed by atoms with E-state index in [0.717, 1.165) is 24.5 Å². The van der Waals surface area contributed by atoms with Crippen molar-refractivity contribution >= 4 is 35.6 Å². The van der Waals surface area contributed by atoms with Gasteiger partial charge in [-0.2, -0.15) is 0 Å². The van der Waals surface area contributed by atoms with Gasteiger partial charge in [0.05, 0.1) is 0 Å². The molecule has 1 nitrogen and oxygen atoms in total. The minimum absolute atomic E-state index is 0. The van der Waals surface area contributed by atoms with E-state index in [-0.39, 0.29) is 12.4 Å². The number of halogens is 3. The average molecular weight is 281 g/mol. The van der Waals surface area contributed by atoms with Crippen molar-refractivity contribution in [1.29, 1.82) is 0 Å². The summed E-state index contributed by atoms with van der Waals surface area (Å²) in [4.78, 5) is 0. The molecule has 0 aliphatic carbocycles. The monoisotopic (exact) mass is 279 g/mol. The Hall–Kier alpha value is 0.0500. The molecule has 0 bridgehead atoms. The third-order valence-corrected chi connectivity index (χ3v) is 3.71. The smallest absolute Gasteiger partial charge is 0.0455 e. The molecule has 0 spiro atoms. The van der Waals surface area contributed by atoms with Crippen LogP contribution in [0.25, 0.3) is 0 Å². The second kappa shape index (κ2) is 6.11.